The first kappa shape index (κ1) is 22.5. The number of hydrogen-bond donors (Lipinski definition) is 1. The van der Waals surface area contributed by atoms with Crippen molar-refractivity contribution in [1.82, 2.24) is 10.2 Å². The third-order valence-electron chi connectivity index (χ3n) is 5.00. The molecule has 0 spiro atoms. The Kier molecular flexibility index (Phi) is 8.71. The van der Waals surface area contributed by atoms with Gasteiger partial charge in [0.15, 0.2) is 0 Å². The summed E-state index contributed by atoms with van der Waals surface area (Å²) in [6.45, 7) is 6.81. The van der Waals surface area contributed by atoms with E-state index in [0.717, 1.165) is 16.9 Å². The van der Waals surface area contributed by atoms with Crippen LogP contribution in [-0.2, 0) is 22.6 Å². The summed E-state index contributed by atoms with van der Waals surface area (Å²) in [5, 5.41) is 2.86. The van der Waals surface area contributed by atoms with Crippen molar-refractivity contribution in [2.45, 2.75) is 52.6 Å². The average molecular weight is 397 g/mol. The van der Waals surface area contributed by atoms with E-state index in [0.29, 0.717) is 32.4 Å². The van der Waals surface area contributed by atoms with E-state index in [1.54, 1.807) is 12.0 Å². The number of ether oxygens (including phenoxy) is 1. The largest absolute Gasteiger partial charge is 0.497 e. The van der Waals surface area contributed by atoms with E-state index in [4.69, 9.17) is 4.74 Å². The SMILES string of the molecule is CCNC(=O)[C@@H](CC)N(Cc1ccc(OC)cc1)C(=O)CCc1ccc(C)cc1. The van der Waals surface area contributed by atoms with E-state index in [9.17, 15) is 9.59 Å². The maximum Gasteiger partial charge on any atom is 0.242 e. The van der Waals surface area contributed by atoms with Gasteiger partial charge in [-0.3, -0.25) is 9.59 Å². The second kappa shape index (κ2) is 11.2. The molecule has 2 aromatic rings. The molecule has 1 N–H and O–H groups in total. The lowest BCUT2D eigenvalue weighted by molar-refractivity contribution is -0.141. The minimum Gasteiger partial charge on any atom is -0.497 e. The van der Waals surface area contributed by atoms with Gasteiger partial charge in [-0.2, -0.15) is 0 Å². The van der Waals surface area contributed by atoms with Crippen molar-refractivity contribution in [3.05, 3.63) is 65.2 Å². The third-order valence-corrected chi connectivity index (χ3v) is 5.00. The van der Waals surface area contributed by atoms with Crippen molar-refractivity contribution >= 4 is 11.8 Å². The van der Waals surface area contributed by atoms with Gasteiger partial charge in [-0.15, -0.1) is 0 Å². The molecule has 0 unspecified atom stereocenters. The molecule has 1 atom stereocenters. The maximum absolute atomic E-state index is 13.1. The molecular formula is C24H32N2O3. The number of nitrogens with one attached hydrogen (secondary N) is 1. The number of hydrogen-bond acceptors (Lipinski definition) is 3. The van der Waals surface area contributed by atoms with Crippen molar-refractivity contribution in [2.24, 2.45) is 0 Å². The number of aryl methyl sites for hydroxylation is 2. The van der Waals surface area contributed by atoms with Gasteiger partial charge in [0, 0.05) is 19.5 Å². The summed E-state index contributed by atoms with van der Waals surface area (Å²) >= 11 is 0. The van der Waals surface area contributed by atoms with Gasteiger partial charge in [-0.25, -0.2) is 0 Å². The minimum atomic E-state index is -0.484. The number of likely N-dealkylation sites (N-methyl/N-ethyl adjacent to an activating group) is 1. The molecule has 0 saturated carbocycles. The van der Waals surface area contributed by atoms with Gasteiger partial charge in [0.1, 0.15) is 11.8 Å². The van der Waals surface area contributed by atoms with Crippen molar-refractivity contribution in [3.8, 4) is 5.75 Å². The minimum absolute atomic E-state index is 0.0144. The highest BCUT2D eigenvalue weighted by Crippen LogP contribution is 2.18. The number of methoxy groups -OCH3 is 1. The highest BCUT2D eigenvalue weighted by atomic mass is 16.5. The third kappa shape index (κ3) is 6.63. The van der Waals surface area contributed by atoms with E-state index in [2.05, 4.69) is 29.6 Å². The predicted octanol–water partition coefficient (Wildman–Crippen LogP) is 3.88. The Bertz CT molecular complexity index is 785. The molecule has 5 heteroatoms. The van der Waals surface area contributed by atoms with E-state index in [1.807, 2.05) is 45.0 Å². The van der Waals surface area contributed by atoms with Crippen molar-refractivity contribution in [2.75, 3.05) is 13.7 Å². The van der Waals surface area contributed by atoms with Gasteiger partial charge in [0.05, 0.1) is 7.11 Å². The van der Waals surface area contributed by atoms with Crippen molar-refractivity contribution in [1.29, 1.82) is 0 Å². The first-order valence-electron chi connectivity index (χ1n) is 10.2. The Balaban J connectivity index is 2.17. The van der Waals surface area contributed by atoms with Crippen LogP contribution in [-0.4, -0.2) is 36.4 Å². The second-order valence-corrected chi connectivity index (χ2v) is 7.17. The Morgan fingerprint density at radius 2 is 1.62 bits per heavy atom. The second-order valence-electron chi connectivity index (χ2n) is 7.17. The van der Waals surface area contributed by atoms with Gasteiger partial charge >= 0.3 is 0 Å². The van der Waals surface area contributed by atoms with E-state index >= 15 is 0 Å². The predicted molar refractivity (Wildman–Crippen MR) is 116 cm³/mol. The zero-order valence-electron chi connectivity index (χ0n) is 17.9. The summed E-state index contributed by atoms with van der Waals surface area (Å²) in [5.41, 5.74) is 3.29. The zero-order chi connectivity index (χ0) is 21.2. The maximum atomic E-state index is 13.1. The molecule has 0 radical (unpaired) electrons. The molecule has 2 aromatic carbocycles. The number of rotatable bonds is 10. The summed E-state index contributed by atoms with van der Waals surface area (Å²) in [7, 11) is 1.62. The lowest BCUT2D eigenvalue weighted by Gasteiger charge is -2.30. The molecule has 0 saturated heterocycles. The van der Waals surface area contributed by atoms with Crippen LogP contribution < -0.4 is 10.1 Å². The molecular weight excluding hydrogens is 364 g/mol. The average Bonchev–Trinajstić information content (AvgIpc) is 2.73. The highest BCUT2D eigenvalue weighted by Gasteiger charge is 2.28. The summed E-state index contributed by atoms with van der Waals surface area (Å²) in [6, 6.07) is 15.3. The first-order valence-corrected chi connectivity index (χ1v) is 10.2. The quantitative estimate of drug-likeness (QED) is 0.663. The molecule has 0 aliphatic heterocycles. The van der Waals surface area contributed by atoms with Crippen LogP contribution >= 0.6 is 0 Å². The van der Waals surface area contributed by atoms with Crippen molar-refractivity contribution in [3.63, 3.8) is 0 Å². The van der Waals surface area contributed by atoms with Crippen LogP contribution in [0.5, 0.6) is 5.75 Å². The van der Waals surface area contributed by atoms with E-state index in [1.165, 1.54) is 5.56 Å². The Hall–Kier alpha value is -2.82. The molecule has 0 heterocycles. The molecule has 5 nitrogen and oxygen atoms in total. The van der Waals surface area contributed by atoms with Gasteiger partial charge in [0.25, 0.3) is 0 Å². The highest BCUT2D eigenvalue weighted by molar-refractivity contribution is 5.87. The van der Waals surface area contributed by atoms with E-state index in [-0.39, 0.29) is 11.8 Å². The molecule has 0 bridgehead atoms. The molecule has 0 fully saturated rings. The monoisotopic (exact) mass is 396 g/mol. The van der Waals surface area contributed by atoms with Crippen LogP contribution in [0.25, 0.3) is 0 Å². The standard InChI is InChI=1S/C24H32N2O3/c1-5-22(24(28)25-6-2)26(17-20-11-14-21(29-4)15-12-20)23(27)16-13-19-9-7-18(3)8-10-19/h7-12,14-15,22H,5-6,13,16-17H2,1-4H3,(H,25,28)/t22-/m1/s1. The van der Waals surface area contributed by atoms with Gasteiger partial charge < -0.3 is 15.0 Å². The number of carbonyl (C=O) groups excluding carboxylic acids is 2. The summed E-state index contributed by atoms with van der Waals surface area (Å²) in [6.07, 6.45) is 1.59. The van der Waals surface area contributed by atoms with Crippen LogP contribution in [0.15, 0.2) is 48.5 Å². The molecule has 0 aromatic heterocycles. The number of benzene rings is 2. The fourth-order valence-corrected chi connectivity index (χ4v) is 3.29. The Morgan fingerprint density at radius 3 is 2.17 bits per heavy atom. The van der Waals surface area contributed by atoms with Gasteiger partial charge in [0.2, 0.25) is 11.8 Å². The fraction of sp³-hybridized carbons (Fsp3) is 0.417. The van der Waals surface area contributed by atoms with Crippen LogP contribution in [0.2, 0.25) is 0 Å². The van der Waals surface area contributed by atoms with Crippen LogP contribution in [0.4, 0.5) is 0 Å². The van der Waals surface area contributed by atoms with Gasteiger partial charge in [-0.05, 0) is 49.9 Å². The fourth-order valence-electron chi connectivity index (χ4n) is 3.29. The lowest BCUT2D eigenvalue weighted by atomic mass is 10.0. The topological polar surface area (TPSA) is 58.6 Å². The smallest absolute Gasteiger partial charge is 0.242 e. The molecule has 29 heavy (non-hydrogen) atoms. The normalized spacial score (nSPS) is 11.6. The molecule has 2 rings (SSSR count). The zero-order valence-corrected chi connectivity index (χ0v) is 17.9. The molecule has 2 amide bonds. The van der Waals surface area contributed by atoms with Crippen LogP contribution in [0, 0.1) is 6.92 Å². The molecule has 0 aliphatic rings. The number of amides is 2. The van der Waals surface area contributed by atoms with Gasteiger partial charge in [-0.1, -0.05) is 48.9 Å². The Morgan fingerprint density at radius 1 is 1.00 bits per heavy atom. The first-order chi connectivity index (χ1) is 14.0. The van der Waals surface area contributed by atoms with Crippen LogP contribution in [0.1, 0.15) is 43.4 Å². The van der Waals surface area contributed by atoms with Crippen LogP contribution in [0.3, 0.4) is 0 Å². The Labute approximate surface area is 174 Å². The van der Waals surface area contributed by atoms with E-state index < -0.39 is 6.04 Å². The molecule has 0 aliphatic carbocycles. The number of carbonyl (C=O) groups is 2. The van der Waals surface area contributed by atoms with Crippen molar-refractivity contribution < 1.29 is 14.3 Å². The lowest BCUT2D eigenvalue weighted by Crippen LogP contribution is -2.49. The summed E-state index contributed by atoms with van der Waals surface area (Å²) < 4.78 is 5.21. The molecule has 156 valence electrons. The summed E-state index contributed by atoms with van der Waals surface area (Å²) in [5.74, 6) is 0.647. The summed E-state index contributed by atoms with van der Waals surface area (Å²) in [4.78, 5) is 27.4. The number of nitrogens with zero attached hydrogens (tertiary/aromatic N) is 1.